The lowest BCUT2D eigenvalue weighted by Crippen LogP contribution is -2.53. The Morgan fingerprint density at radius 2 is 1.44 bits per heavy atom. The Morgan fingerprint density at radius 3 is 2.03 bits per heavy atom. The fourth-order valence-corrected chi connectivity index (χ4v) is 4.49. The number of hydrogen-bond acceptors (Lipinski definition) is 4. The highest BCUT2D eigenvalue weighted by molar-refractivity contribution is 6.03. The van der Waals surface area contributed by atoms with E-state index in [4.69, 9.17) is 4.74 Å². The van der Waals surface area contributed by atoms with E-state index in [1.807, 2.05) is 48.5 Å². The summed E-state index contributed by atoms with van der Waals surface area (Å²) in [5, 5.41) is 9.35. The number of carbonyl (C=O) groups excluding carboxylic acids is 3. The van der Waals surface area contributed by atoms with Crippen molar-refractivity contribution in [2.24, 2.45) is 0 Å². The number of carbonyl (C=O) groups is 3. The van der Waals surface area contributed by atoms with Crippen LogP contribution < -0.4 is 10.6 Å². The second kappa shape index (κ2) is 11.0. The van der Waals surface area contributed by atoms with E-state index < -0.39 is 35.7 Å². The molecule has 0 unspecified atom stereocenters. The lowest BCUT2D eigenvalue weighted by atomic mass is 9.92. The normalized spacial score (nSPS) is 12.6. The van der Waals surface area contributed by atoms with Crippen molar-refractivity contribution in [3.8, 4) is 0 Å². The molecular formula is C29H27FN2O4. The molecule has 0 bridgehead atoms. The molecule has 2 atom stereocenters. The number of rotatable bonds is 8. The Bertz CT molecular complexity index is 1380. The van der Waals surface area contributed by atoms with Crippen LogP contribution in [0.15, 0.2) is 78.9 Å². The fourth-order valence-electron chi connectivity index (χ4n) is 4.49. The number of amides is 2. The van der Waals surface area contributed by atoms with Gasteiger partial charge in [0.15, 0.2) is 0 Å². The number of halogens is 1. The largest absolute Gasteiger partial charge is 0.467 e. The second-order valence-corrected chi connectivity index (χ2v) is 8.67. The first-order valence-electron chi connectivity index (χ1n) is 11.6. The molecule has 4 aromatic rings. The Kier molecular flexibility index (Phi) is 7.59. The molecule has 2 amide bonds. The van der Waals surface area contributed by atoms with E-state index >= 15 is 0 Å². The van der Waals surface area contributed by atoms with Gasteiger partial charge in [0.1, 0.15) is 17.9 Å². The van der Waals surface area contributed by atoms with Crippen LogP contribution in [0, 0.1) is 5.82 Å². The number of esters is 1. The summed E-state index contributed by atoms with van der Waals surface area (Å²) in [5.41, 5.74) is 1.44. The van der Waals surface area contributed by atoms with E-state index in [-0.39, 0.29) is 12.8 Å². The van der Waals surface area contributed by atoms with Gasteiger partial charge in [-0.2, -0.15) is 0 Å². The maximum atomic E-state index is 13.7. The van der Waals surface area contributed by atoms with Crippen LogP contribution in [-0.4, -0.2) is 37.0 Å². The number of ether oxygens (including phenoxy) is 1. The van der Waals surface area contributed by atoms with E-state index in [0.717, 1.165) is 27.1 Å². The number of methoxy groups -OCH3 is 1. The molecule has 184 valence electrons. The fraction of sp³-hybridized carbons (Fsp3) is 0.207. The summed E-state index contributed by atoms with van der Waals surface area (Å²) in [6.45, 7) is 1.30. The molecule has 0 saturated heterocycles. The first-order chi connectivity index (χ1) is 17.4. The van der Waals surface area contributed by atoms with Crippen LogP contribution >= 0.6 is 0 Å². The summed E-state index contributed by atoms with van der Waals surface area (Å²) in [6.07, 6.45) is 0.251. The Hall–Kier alpha value is -4.26. The maximum Gasteiger partial charge on any atom is 0.328 e. The molecule has 4 aromatic carbocycles. The average molecular weight is 487 g/mol. The van der Waals surface area contributed by atoms with E-state index in [0.29, 0.717) is 5.56 Å². The highest BCUT2D eigenvalue weighted by Gasteiger charge is 2.28. The van der Waals surface area contributed by atoms with Crippen molar-refractivity contribution in [1.29, 1.82) is 0 Å². The number of nitrogens with one attached hydrogen (secondary N) is 2. The van der Waals surface area contributed by atoms with Crippen LogP contribution in [0.5, 0.6) is 0 Å². The second-order valence-electron chi connectivity index (χ2n) is 8.67. The third kappa shape index (κ3) is 5.68. The zero-order valence-electron chi connectivity index (χ0n) is 20.1. The highest BCUT2D eigenvalue weighted by atomic mass is 19.1. The quantitative estimate of drug-likeness (QED) is 0.290. The van der Waals surface area contributed by atoms with E-state index in [9.17, 15) is 18.8 Å². The van der Waals surface area contributed by atoms with Gasteiger partial charge in [0, 0.05) is 19.8 Å². The predicted molar refractivity (Wildman–Crippen MR) is 137 cm³/mol. The highest BCUT2D eigenvalue weighted by Crippen LogP contribution is 2.29. The van der Waals surface area contributed by atoms with Crippen LogP contribution in [0.3, 0.4) is 0 Å². The smallest absolute Gasteiger partial charge is 0.328 e. The molecule has 0 aromatic heterocycles. The van der Waals surface area contributed by atoms with Gasteiger partial charge in [-0.1, -0.05) is 60.7 Å². The molecule has 0 saturated carbocycles. The lowest BCUT2D eigenvalue weighted by molar-refractivity contribution is -0.145. The van der Waals surface area contributed by atoms with Crippen molar-refractivity contribution >= 4 is 39.3 Å². The molecule has 2 N–H and O–H groups in total. The topological polar surface area (TPSA) is 84.5 Å². The molecule has 7 heteroatoms. The van der Waals surface area contributed by atoms with E-state index in [1.54, 1.807) is 6.07 Å². The molecule has 0 aliphatic heterocycles. The SMILES string of the molecule is COC(=O)[C@@H](Cc1c2ccccc2cc2ccccc12)NC(=O)[C@H](Cc1cccc(F)c1)NC(C)=O. The Labute approximate surface area is 208 Å². The minimum absolute atomic E-state index is 0.0638. The van der Waals surface area contributed by atoms with Crippen molar-refractivity contribution < 1.29 is 23.5 Å². The van der Waals surface area contributed by atoms with Crippen molar-refractivity contribution in [1.82, 2.24) is 10.6 Å². The van der Waals surface area contributed by atoms with Crippen molar-refractivity contribution in [2.45, 2.75) is 31.8 Å². The monoisotopic (exact) mass is 486 g/mol. The van der Waals surface area contributed by atoms with Gasteiger partial charge < -0.3 is 15.4 Å². The van der Waals surface area contributed by atoms with Gasteiger partial charge >= 0.3 is 5.97 Å². The minimum Gasteiger partial charge on any atom is -0.467 e. The van der Waals surface area contributed by atoms with Gasteiger partial charge in [-0.3, -0.25) is 9.59 Å². The molecule has 6 nitrogen and oxygen atoms in total. The lowest BCUT2D eigenvalue weighted by Gasteiger charge is -2.23. The average Bonchev–Trinajstić information content (AvgIpc) is 2.86. The van der Waals surface area contributed by atoms with Gasteiger partial charge in [0.05, 0.1) is 7.11 Å². The van der Waals surface area contributed by atoms with Gasteiger partial charge in [-0.05, 0) is 50.9 Å². The molecule has 0 radical (unpaired) electrons. The predicted octanol–water partition coefficient (Wildman–Crippen LogP) is 4.08. The van der Waals surface area contributed by atoms with Crippen LogP contribution in [0.2, 0.25) is 0 Å². The minimum atomic E-state index is -1.000. The summed E-state index contributed by atoms with van der Waals surface area (Å²) in [7, 11) is 1.26. The van der Waals surface area contributed by atoms with Gasteiger partial charge in [-0.15, -0.1) is 0 Å². The van der Waals surface area contributed by atoms with Gasteiger partial charge in [-0.25, -0.2) is 9.18 Å². The summed E-state index contributed by atoms with van der Waals surface area (Å²) in [4.78, 5) is 37.9. The zero-order valence-corrected chi connectivity index (χ0v) is 20.1. The van der Waals surface area contributed by atoms with Crippen molar-refractivity contribution in [3.05, 3.63) is 95.8 Å². The van der Waals surface area contributed by atoms with Crippen LogP contribution in [0.4, 0.5) is 4.39 Å². The van der Waals surface area contributed by atoms with Gasteiger partial charge in [0.2, 0.25) is 11.8 Å². The van der Waals surface area contributed by atoms with Crippen molar-refractivity contribution in [3.63, 3.8) is 0 Å². The summed E-state index contributed by atoms with van der Waals surface area (Å²) >= 11 is 0. The van der Waals surface area contributed by atoms with Crippen LogP contribution in [0.25, 0.3) is 21.5 Å². The summed E-state index contributed by atoms with van der Waals surface area (Å²) in [5.74, 6) is -2.02. The third-order valence-electron chi connectivity index (χ3n) is 6.12. The molecule has 0 aliphatic carbocycles. The van der Waals surface area contributed by atoms with E-state index in [2.05, 4.69) is 16.7 Å². The standard InChI is InChI=1S/C29H27FN2O4/c1-18(33)31-26(15-19-8-7-11-22(30)14-19)28(34)32-27(29(35)36-2)17-25-23-12-5-3-9-20(23)16-21-10-4-6-13-24(21)25/h3-14,16,26-27H,15,17H2,1-2H3,(H,31,33)(H,32,34)/t26-,27+/m0/s1. The third-order valence-corrected chi connectivity index (χ3v) is 6.12. The summed E-state index contributed by atoms with van der Waals surface area (Å²) < 4.78 is 18.7. The first-order valence-corrected chi connectivity index (χ1v) is 11.6. The molecule has 36 heavy (non-hydrogen) atoms. The Balaban J connectivity index is 1.67. The Morgan fingerprint density at radius 1 is 0.806 bits per heavy atom. The van der Waals surface area contributed by atoms with Crippen LogP contribution in [0.1, 0.15) is 18.1 Å². The number of fused-ring (bicyclic) bond motifs is 2. The van der Waals surface area contributed by atoms with Crippen molar-refractivity contribution in [2.75, 3.05) is 7.11 Å². The zero-order chi connectivity index (χ0) is 25.7. The first kappa shape index (κ1) is 24.9. The number of benzene rings is 4. The molecule has 4 rings (SSSR count). The molecule has 0 aliphatic rings. The van der Waals surface area contributed by atoms with E-state index in [1.165, 1.54) is 32.2 Å². The molecular weight excluding hydrogens is 459 g/mol. The summed E-state index contributed by atoms with van der Waals surface area (Å²) in [6, 6.07) is 21.6. The molecule has 0 heterocycles. The molecule has 0 spiro atoms. The van der Waals surface area contributed by atoms with Gasteiger partial charge in [0.25, 0.3) is 0 Å². The molecule has 0 fully saturated rings. The maximum absolute atomic E-state index is 13.7. The number of hydrogen-bond donors (Lipinski definition) is 2. The van der Waals surface area contributed by atoms with Crippen LogP contribution in [-0.2, 0) is 32.0 Å².